The molecule has 0 heterocycles. The molecule has 0 N–H and O–H groups in total. The van der Waals surface area contributed by atoms with E-state index in [2.05, 4.69) is 12.1 Å². The average molecular weight is 305 g/mol. The third-order valence-corrected chi connectivity index (χ3v) is 3.58. The Hall–Kier alpha value is -2.98. The van der Waals surface area contributed by atoms with Gasteiger partial charge < -0.3 is 9.64 Å². The van der Waals surface area contributed by atoms with Gasteiger partial charge in [-0.05, 0) is 29.8 Å². The zero-order chi connectivity index (χ0) is 16.7. The van der Waals surface area contributed by atoms with Gasteiger partial charge in [0, 0.05) is 32.3 Å². The molecule has 0 bridgehead atoms. The van der Waals surface area contributed by atoms with E-state index in [0.29, 0.717) is 18.6 Å². The van der Waals surface area contributed by atoms with Gasteiger partial charge in [-0.1, -0.05) is 18.2 Å². The molecule has 116 valence electrons. The lowest BCUT2D eigenvalue weighted by atomic mass is 9.96. The van der Waals surface area contributed by atoms with Crippen molar-refractivity contribution in [2.24, 2.45) is 0 Å². The number of rotatable bonds is 6. The molecule has 0 aliphatic rings. The first-order valence-corrected chi connectivity index (χ1v) is 7.44. The van der Waals surface area contributed by atoms with Gasteiger partial charge in [0.15, 0.2) is 0 Å². The van der Waals surface area contributed by atoms with Crippen molar-refractivity contribution in [3.05, 3.63) is 59.7 Å². The number of benzene rings is 2. The molecule has 1 atom stereocenters. The lowest BCUT2D eigenvalue weighted by Gasteiger charge is -2.15. The SMILES string of the molecule is CN(C)c1cccc(OCCC(C#N)c2cccc(C#N)c2)c1. The van der Waals surface area contributed by atoms with Gasteiger partial charge in [-0.2, -0.15) is 10.5 Å². The van der Waals surface area contributed by atoms with Crippen LogP contribution in [0.5, 0.6) is 5.75 Å². The van der Waals surface area contributed by atoms with E-state index in [1.807, 2.05) is 49.3 Å². The molecule has 0 aliphatic heterocycles. The number of ether oxygens (including phenoxy) is 1. The van der Waals surface area contributed by atoms with Crippen molar-refractivity contribution < 1.29 is 4.74 Å². The van der Waals surface area contributed by atoms with Crippen molar-refractivity contribution in [1.29, 1.82) is 10.5 Å². The van der Waals surface area contributed by atoms with E-state index in [4.69, 9.17) is 10.00 Å². The molecular weight excluding hydrogens is 286 g/mol. The minimum absolute atomic E-state index is 0.277. The molecule has 23 heavy (non-hydrogen) atoms. The van der Waals surface area contributed by atoms with E-state index in [-0.39, 0.29) is 5.92 Å². The lowest BCUT2D eigenvalue weighted by molar-refractivity contribution is 0.306. The van der Waals surface area contributed by atoms with E-state index >= 15 is 0 Å². The van der Waals surface area contributed by atoms with Crippen molar-refractivity contribution in [2.75, 3.05) is 25.6 Å². The van der Waals surface area contributed by atoms with Gasteiger partial charge in [-0.25, -0.2) is 0 Å². The first-order chi connectivity index (χ1) is 11.1. The monoisotopic (exact) mass is 305 g/mol. The molecule has 0 amide bonds. The van der Waals surface area contributed by atoms with Crippen LogP contribution in [-0.2, 0) is 0 Å². The summed E-state index contributed by atoms with van der Waals surface area (Å²) in [6.07, 6.45) is 0.581. The van der Waals surface area contributed by atoms with Gasteiger partial charge in [-0.3, -0.25) is 0 Å². The minimum Gasteiger partial charge on any atom is -0.493 e. The molecule has 2 aromatic rings. The topological polar surface area (TPSA) is 60.0 Å². The second-order valence-corrected chi connectivity index (χ2v) is 5.45. The normalized spacial score (nSPS) is 11.1. The summed E-state index contributed by atoms with van der Waals surface area (Å²) in [6.45, 7) is 0.450. The molecule has 2 rings (SSSR count). The number of hydrogen-bond acceptors (Lipinski definition) is 4. The molecule has 2 aromatic carbocycles. The highest BCUT2D eigenvalue weighted by Crippen LogP contribution is 2.22. The van der Waals surface area contributed by atoms with E-state index in [1.165, 1.54) is 0 Å². The van der Waals surface area contributed by atoms with Crippen LogP contribution in [-0.4, -0.2) is 20.7 Å². The molecular formula is C19H19N3O. The van der Waals surface area contributed by atoms with Crippen LogP contribution in [0.3, 0.4) is 0 Å². The van der Waals surface area contributed by atoms with Crippen molar-refractivity contribution >= 4 is 5.69 Å². The lowest BCUT2D eigenvalue weighted by Crippen LogP contribution is -2.09. The summed E-state index contributed by atoms with van der Waals surface area (Å²) in [6, 6.07) is 19.4. The Morgan fingerprint density at radius 1 is 1.09 bits per heavy atom. The summed E-state index contributed by atoms with van der Waals surface area (Å²) in [5.74, 6) is 0.513. The van der Waals surface area contributed by atoms with Crippen LogP contribution >= 0.6 is 0 Å². The van der Waals surface area contributed by atoms with Crippen LogP contribution in [0, 0.1) is 22.7 Å². The fourth-order valence-electron chi connectivity index (χ4n) is 2.28. The molecule has 0 spiro atoms. The largest absolute Gasteiger partial charge is 0.493 e. The molecule has 0 aliphatic carbocycles. The van der Waals surface area contributed by atoms with Gasteiger partial charge in [0.1, 0.15) is 5.75 Å². The average Bonchev–Trinajstić information content (AvgIpc) is 2.59. The molecule has 0 radical (unpaired) electrons. The van der Waals surface area contributed by atoms with Gasteiger partial charge in [0.25, 0.3) is 0 Å². The number of nitriles is 2. The fourth-order valence-corrected chi connectivity index (χ4v) is 2.28. The van der Waals surface area contributed by atoms with Crippen LogP contribution in [0.1, 0.15) is 23.5 Å². The fraction of sp³-hybridized carbons (Fsp3) is 0.263. The predicted molar refractivity (Wildman–Crippen MR) is 90.4 cm³/mol. The van der Waals surface area contributed by atoms with Crippen LogP contribution < -0.4 is 9.64 Å². The predicted octanol–water partition coefficient (Wildman–Crippen LogP) is 3.70. The second-order valence-electron chi connectivity index (χ2n) is 5.45. The minimum atomic E-state index is -0.277. The van der Waals surface area contributed by atoms with Crippen molar-refractivity contribution in [2.45, 2.75) is 12.3 Å². The van der Waals surface area contributed by atoms with Gasteiger partial charge >= 0.3 is 0 Å². The summed E-state index contributed by atoms with van der Waals surface area (Å²) in [5, 5.41) is 18.3. The first kappa shape index (κ1) is 16.4. The Bertz CT molecular complexity index is 741. The number of hydrogen-bond donors (Lipinski definition) is 0. The van der Waals surface area contributed by atoms with Crippen molar-refractivity contribution in [3.8, 4) is 17.9 Å². The van der Waals surface area contributed by atoms with E-state index < -0.39 is 0 Å². The smallest absolute Gasteiger partial charge is 0.121 e. The molecule has 0 saturated heterocycles. The molecule has 0 fully saturated rings. The van der Waals surface area contributed by atoms with E-state index in [0.717, 1.165) is 17.0 Å². The summed E-state index contributed by atoms with van der Waals surface area (Å²) >= 11 is 0. The second kappa shape index (κ2) is 7.87. The molecule has 0 aromatic heterocycles. The maximum atomic E-state index is 9.36. The van der Waals surface area contributed by atoms with Crippen molar-refractivity contribution in [1.82, 2.24) is 0 Å². The number of nitrogens with zero attached hydrogens (tertiary/aromatic N) is 3. The van der Waals surface area contributed by atoms with Crippen LogP contribution in [0.25, 0.3) is 0 Å². The summed E-state index contributed by atoms with van der Waals surface area (Å²) in [4.78, 5) is 2.01. The van der Waals surface area contributed by atoms with Crippen molar-refractivity contribution in [3.63, 3.8) is 0 Å². The quantitative estimate of drug-likeness (QED) is 0.816. The van der Waals surface area contributed by atoms with Crippen LogP contribution in [0.4, 0.5) is 5.69 Å². The first-order valence-electron chi connectivity index (χ1n) is 7.44. The Morgan fingerprint density at radius 3 is 2.57 bits per heavy atom. The van der Waals surface area contributed by atoms with E-state index in [1.54, 1.807) is 18.2 Å². The molecule has 0 saturated carbocycles. The summed E-state index contributed by atoms with van der Waals surface area (Å²) in [5.41, 5.74) is 2.50. The standard InChI is InChI=1S/C19H19N3O/c1-22(2)18-7-4-8-19(12-18)23-10-9-17(14-21)16-6-3-5-15(11-16)13-20/h3-8,11-12,17H,9-10H2,1-2H3. The highest BCUT2D eigenvalue weighted by Gasteiger charge is 2.11. The molecule has 1 unspecified atom stereocenters. The Balaban J connectivity index is 1.98. The Kier molecular flexibility index (Phi) is 5.61. The number of anilines is 1. The highest BCUT2D eigenvalue weighted by atomic mass is 16.5. The summed E-state index contributed by atoms with van der Waals surface area (Å²) in [7, 11) is 3.96. The maximum absolute atomic E-state index is 9.36. The van der Waals surface area contributed by atoms with Gasteiger partial charge in [-0.15, -0.1) is 0 Å². The molecule has 4 nitrogen and oxygen atoms in total. The Labute approximate surface area is 137 Å². The maximum Gasteiger partial charge on any atom is 0.121 e. The summed E-state index contributed by atoms with van der Waals surface area (Å²) < 4.78 is 5.76. The third kappa shape index (κ3) is 4.49. The Morgan fingerprint density at radius 2 is 1.87 bits per heavy atom. The zero-order valence-electron chi connectivity index (χ0n) is 13.4. The van der Waals surface area contributed by atoms with E-state index in [9.17, 15) is 5.26 Å². The zero-order valence-corrected chi connectivity index (χ0v) is 13.4. The van der Waals surface area contributed by atoms with Crippen LogP contribution in [0.2, 0.25) is 0 Å². The van der Waals surface area contributed by atoms with Gasteiger partial charge in [0.05, 0.1) is 30.2 Å². The molecule has 4 heteroatoms. The third-order valence-electron chi connectivity index (χ3n) is 3.58. The van der Waals surface area contributed by atoms with Gasteiger partial charge in [0.2, 0.25) is 0 Å². The highest BCUT2D eigenvalue weighted by molar-refractivity contribution is 5.49. The van der Waals surface area contributed by atoms with Crippen LogP contribution in [0.15, 0.2) is 48.5 Å².